The van der Waals surface area contributed by atoms with Crippen LogP contribution in [0.2, 0.25) is 5.02 Å². The zero-order valence-corrected chi connectivity index (χ0v) is 11.4. The summed E-state index contributed by atoms with van der Waals surface area (Å²) in [5, 5.41) is 13.4. The number of aliphatic hydroxyl groups is 1. The van der Waals surface area contributed by atoms with Gasteiger partial charge in [0, 0.05) is 23.6 Å². The highest BCUT2D eigenvalue weighted by Gasteiger charge is 2.24. The lowest BCUT2D eigenvalue weighted by Crippen LogP contribution is -2.22. The smallest absolute Gasteiger partial charge is 0.0825 e. The lowest BCUT2D eigenvalue weighted by atomic mass is 9.87. The van der Waals surface area contributed by atoms with Crippen LogP contribution in [0.5, 0.6) is 0 Å². The van der Waals surface area contributed by atoms with E-state index in [1.54, 1.807) is 0 Å². The second-order valence-corrected chi connectivity index (χ2v) is 5.48. The van der Waals surface area contributed by atoms with Gasteiger partial charge in [-0.1, -0.05) is 41.9 Å². The fourth-order valence-corrected chi connectivity index (χ4v) is 3.06. The molecule has 0 saturated carbocycles. The highest BCUT2D eigenvalue weighted by Crippen LogP contribution is 2.36. The fourth-order valence-electron chi connectivity index (χ4n) is 2.83. The number of aliphatic hydroxyl groups excluding tert-OH is 1. The monoisotopic (exact) mass is 276 g/mol. The van der Waals surface area contributed by atoms with Gasteiger partial charge in [-0.15, -0.1) is 0 Å². The van der Waals surface area contributed by atoms with E-state index in [9.17, 15) is 5.11 Å². The zero-order chi connectivity index (χ0) is 13.2. The summed E-state index contributed by atoms with van der Waals surface area (Å²) in [6.45, 7) is 1.49. The molecule has 100 valence electrons. The van der Waals surface area contributed by atoms with Crippen LogP contribution >= 0.6 is 11.6 Å². The van der Waals surface area contributed by atoms with E-state index in [4.69, 9.17) is 16.3 Å². The second-order valence-electron chi connectivity index (χ2n) is 5.08. The van der Waals surface area contributed by atoms with Crippen LogP contribution < -0.4 is 0 Å². The SMILES string of the molecule is OC(c1ccc(Cl)c2ccccc12)C1CCOCC1. The standard InChI is InChI=1S/C16H17ClO2/c17-15-6-5-14(12-3-1-2-4-13(12)15)16(18)11-7-9-19-10-8-11/h1-6,11,16,18H,7-10H2. The highest BCUT2D eigenvalue weighted by molar-refractivity contribution is 6.35. The third-order valence-corrected chi connectivity index (χ3v) is 4.27. The van der Waals surface area contributed by atoms with Crippen LogP contribution in [0.3, 0.4) is 0 Å². The van der Waals surface area contributed by atoms with Gasteiger partial charge in [0.15, 0.2) is 0 Å². The number of benzene rings is 2. The second kappa shape index (κ2) is 5.49. The van der Waals surface area contributed by atoms with E-state index in [1.807, 2.05) is 36.4 Å². The Bertz CT molecular complexity index is 576. The summed E-state index contributed by atoms with van der Waals surface area (Å²) in [5.41, 5.74) is 0.979. The summed E-state index contributed by atoms with van der Waals surface area (Å²) in [7, 11) is 0. The lowest BCUT2D eigenvalue weighted by Gasteiger charge is -2.27. The molecule has 0 amide bonds. The zero-order valence-electron chi connectivity index (χ0n) is 10.7. The molecular weight excluding hydrogens is 260 g/mol. The van der Waals surface area contributed by atoms with Gasteiger partial charge >= 0.3 is 0 Å². The van der Waals surface area contributed by atoms with Gasteiger partial charge in [-0.05, 0) is 35.8 Å². The Labute approximate surface area is 118 Å². The lowest BCUT2D eigenvalue weighted by molar-refractivity contribution is 0.00773. The van der Waals surface area contributed by atoms with Gasteiger partial charge in [-0.25, -0.2) is 0 Å². The minimum Gasteiger partial charge on any atom is -0.388 e. The van der Waals surface area contributed by atoms with Crippen molar-refractivity contribution in [2.45, 2.75) is 18.9 Å². The summed E-state index contributed by atoms with van der Waals surface area (Å²) in [6, 6.07) is 11.8. The van der Waals surface area contributed by atoms with E-state index in [0.717, 1.165) is 47.4 Å². The third kappa shape index (κ3) is 2.48. The number of hydrogen-bond donors (Lipinski definition) is 1. The predicted molar refractivity (Wildman–Crippen MR) is 77.5 cm³/mol. The minimum atomic E-state index is -0.439. The average Bonchev–Trinajstić information content (AvgIpc) is 2.48. The molecule has 0 radical (unpaired) electrons. The Morgan fingerprint density at radius 2 is 1.74 bits per heavy atom. The number of hydrogen-bond acceptors (Lipinski definition) is 2. The van der Waals surface area contributed by atoms with Gasteiger partial charge in [0.1, 0.15) is 0 Å². The van der Waals surface area contributed by atoms with E-state index in [-0.39, 0.29) is 5.92 Å². The molecule has 3 rings (SSSR count). The molecular formula is C16H17ClO2. The summed E-state index contributed by atoms with van der Waals surface area (Å²) >= 11 is 6.22. The van der Waals surface area contributed by atoms with Crippen molar-refractivity contribution in [3.8, 4) is 0 Å². The molecule has 1 N–H and O–H groups in total. The van der Waals surface area contributed by atoms with Gasteiger partial charge in [0.05, 0.1) is 6.10 Å². The van der Waals surface area contributed by atoms with Crippen molar-refractivity contribution in [2.75, 3.05) is 13.2 Å². The summed E-state index contributed by atoms with van der Waals surface area (Å²) in [4.78, 5) is 0. The van der Waals surface area contributed by atoms with Gasteiger partial charge in [-0.3, -0.25) is 0 Å². The summed E-state index contributed by atoms with van der Waals surface area (Å²) in [5.74, 6) is 0.276. The van der Waals surface area contributed by atoms with Crippen molar-refractivity contribution in [2.24, 2.45) is 5.92 Å². The third-order valence-electron chi connectivity index (χ3n) is 3.94. The number of ether oxygens (including phenoxy) is 1. The van der Waals surface area contributed by atoms with Gasteiger partial charge in [0.25, 0.3) is 0 Å². The Balaban J connectivity index is 2.02. The molecule has 0 aromatic heterocycles. The van der Waals surface area contributed by atoms with Crippen LogP contribution in [0.25, 0.3) is 10.8 Å². The van der Waals surface area contributed by atoms with E-state index in [2.05, 4.69) is 0 Å². The Morgan fingerprint density at radius 1 is 1.05 bits per heavy atom. The maximum atomic E-state index is 10.6. The van der Waals surface area contributed by atoms with Gasteiger partial charge in [0.2, 0.25) is 0 Å². The first-order chi connectivity index (χ1) is 9.27. The maximum Gasteiger partial charge on any atom is 0.0825 e. The molecule has 1 heterocycles. The van der Waals surface area contributed by atoms with Crippen molar-refractivity contribution >= 4 is 22.4 Å². The van der Waals surface area contributed by atoms with Crippen molar-refractivity contribution in [3.05, 3.63) is 47.0 Å². The van der Waals surface area contributed by atoms with E-state index in [0.29, 0.717) is 0 Å². The Hall–Kier alpha value is -1.09. The molecule has 0 aliphatic carbocycles. The van der Waals surface area contributed by atoms with Crippen LogP contribution in [-0.4, -0.2) is 18.3 Å². The van der Waals surface area contributed by atoms with Crippen molar-refractivity contribution in [1.29, 1.82) is 0 Å². The Kier molecular flexibility index (Phi) is 3.74. The molecule has 19 heavy (non-hydrogen) atoms. The molecule has 1 fully saturated rings. The molecule has 1 aliphatic rings. The molecule has 2 aromatic rings. The van der Waals surface area contributed by atoms with Gasteiger partial charge < -0.3 is 9.84 Å². The molecule has 1 unspecified atom stereocenters. The molecule has 1 aliphatic heterocycles. The topological polar surface area (TPSA) is 29.5 Å². The predicted octanol–water partition coefficient (Wildman–Crippen LogP) is 3.95. The molecule has 0 spiro atoms. The van der Waals surface area contributed by atoms with Crippen LogP contribution in [-0.2, 0) is 4.74 Å². The number of halogens is 1. The van der Waals surface area contributed by atoms with Crippen LogP contribution in [0.4, 0.5) is 0 Å². The van der Waals surface area contributed by atoms with E-state index >= 15 is 0 Å². The molecule has 0 bridgehead atoms. The van der Waals surface area contributed by atoms with Gasteiger partial charge in [-0.2, -0.15) is 0 Å². The molecule has 2 nitrogen and oxygen atoms in total. The first kappa shape index (κ1) is 12.9. The fraction of sp³-hybridized carbons (Fsp3) is 0.375. The summed E-state index contributed by atoms with van der Waals surface area (Å²) < 4.78 is 5.36. The molecule has 3 heteroatoms. The maximum absolute atomic E-state index is 10.6. The van der Waals surface area contributed by atoms with Crippen LogP contribution in [0.1, 0.15) is 24.5 Å². The molecule has 1 atom stereocenters. The van der Waals surface area contributed by atoms with Crippen molar-refractivity contribution in [3.63, 3.8) is 0 Å². The minimum absolute atomic E-state index is 0.276. The molecule has 1 saturated heterocycles. The van der Waals surface area contributed by atoms with Crippen molar-refractivity contribution in [1.82, 2.24) is 0 Å². The van der Waals surface area contributed by atoms with Crippen LogP contribution in [0.15, 0.2) is 36.4 Å². The van der Waals surface area contributed by atoms with E-state index < -0.39 is 6.10 Å². The molecule has 2 aromatic carbocycles. The first-order valence-corrected chi connectivity index (χ1v) is 7.08. The van der Waals surface area contributed by atoms with Crippen molar-refractivity contribution < 1.29 is 9.84 Å². The quantitative estimate of drug-likeness (QED) is 0.900. The van der Waals surface area contributed by atoms with E-state index in [1.165, 1.54) is 0 Å². The average molecular weight is 277 g/mol. The highest BCUT2D eigenvalue weighted by atomic mass is 35.5. The Morgan fingerprint density at radius 3 is 2.47 bits per heavy atom. The number of rotatable bonds is 2. The summed E-state index contributed by atoms with van der Waals surface area (Å²) in [6.07, 6.45) is 1.39. The normalized spacial score (nSPS) is 18.6. The first-order valence-electron chi connectivity index (χ1n) is 6.70. The van der Waals surface area contributed by atoms with Crippen LogP contribution in [0, 0.1) is 5.92 Å². The number of fused-ring (bicyclic) bond motifs is 1. The largest absolute Gasteiger partial charge is 0.388 e.